The van der Waals surface area contributed by atoms with Crippen molar-refractivity contribution >= 4 is 28.7 Å². The normalized spacial score (nSPS) is 13.1. The first-order chi connectivity index (χ1) is 11.2. The third-order valence-electron chi connectivity index (χ3n) is 4.04. The van der Waals surface area contributed by atoms with Gasteiger partial charge in [-0.3, -0.25) is 9.78 Å². The van der Waals surface area contributed by atoms with Gasteiger partial charge in [-0.25, -0.2) is 8.78 Å². The Morgan fingerprint density at radius 1 is 1.33 bits per heavy atom. The second-order valence-electron chi connectivity index (χ2n) is 6.90. The van der Waals surface area contributed by atoms with E-state index < -0.39 is 23.0 Å². The molecule has 0 radical (unpaired) electrons. The van der Waals surface area contributed by atoms with Crippen LogP contribution >= 0.6 is 22.9 Å². The quantitative estimate of drug-likeness (QED) is 0.601. The summed E-state index contributed by atoms with van der Waals surface area (Å²) < 4.78 is 28.7. The Morgan fingerprint density at radius 2 is 2.04 bits per heavy atom. The van der Waals surface area contributed by atoms with Crippen LogP contribution in [0, 0.1) is 17.0 Å². The van der Waals surface area contributed by atoms with Crippen LogP contribution in [0.4, 0.5) is 8.78 Å². The van der Waals surface area contributed by atoms with Gasteiger partial charge in [0.1, 0.15) is 17.4 Å². The van der Waals surface area contributed by atoms with Crippen molar-refractivity contribution in [2.75, 3.05) is 0 Å². The number of carbonyl (C=O) groups is 1. The molecule has 0 aliphatic rings. The monoisotopic (exact) mass is 371 g/mol. The Labute approximate surface area is 149 Å². The van der Waals surface area contributed by atoms with Crippen LogP contribution in [0.25, 0.3) is 0 Å². The van der Waals surface area contributed by atoms with E-state index in [1.165, 1.54) is 23.5 Å². The highest BCUT2D eigenvalue weighted by atomic mass is 35.5. The van der Waals surface area contributed by atoms with Crippen LogP contribution in [0.3, 0.4) is 0 Å². The number of benzene rings is 1. The van der Waals surface area contributed by atoms with Gasteiger partial charge in [0.2, 0.25) is 0 Å². The molecule has 1 aromatic carbocycles. The molecule has 2 aromatic rings. The van der Waals surface area contributed by atoms with Gasteiger partial charge < -0.3 is 0 Å². The molecule has 0 bridgehead atoms. The Morgan fingerprint density at radius 3 is 2.62 bits per heavy atom. The minimum absolute atomic E-state index is 0.0272. The summed E-state index contributed by atoms with van der Waals surface area (Å²) in [5.41, 5.74) is 1.25. The highest BCUT2D eigenvalue weighted by Crippen LogP contribution is 2.42. The number of halogens is 3. The molecule has 1 heterocycles. The zero-order valence-corrected chi connectivity index (χ0v) is 15.5. The molecule has 0 spiro atoms. The fraction of sp³-hybridized carbons (Fsp3) is 0.444. The maximum atomic E-state index is 14.4. The summed E-state index contributed by atoms with van der Waals surface area (Å²) in [5.74, 6) is -1.75. The molecule has 1 atom stereocenters. The smallest absolute Gasteiger partial charge is 0.148 e. The SMILES string of the molecule is CC(C)(C)[C@H](CCC(=O)Cc1cncs1)c1c(F)ccc(Cl)c1F. The van der Waals surface area contributed by atoms with Crippen molar-refractivity contribution in [3.63, 3.8) is 0 Å². The van der Waals surface area contributed by atoms with E-state index in [1.807, 2.05) is 20.8 Å². The number of hydrogen-bond acceptors (Lipinski definition) is 3. The van der Waals surface area contributed by atoms with Gasteiger partial charge in [-0.15, -0.1) is 11.3 Å². The van der Waals surface area contributed by atoms with Gasteiger partial charge in [-0.1, -0.05) is 32.4 Å². The molecule has 0 N–H and O–H groups in total. The maximum absolute atomic E-state index is 14.4. The van der Waals surface area contributed by atoms with Crippen molar-refractivity contribution in [2.24, 2.45) is 5.41 Å². The number of hydrogen-bond donors (Lipinski definition) is 0. The molecule has 0 unspecified atom stereocenters. The standard InChI is InChI=1S/C18H20ClF2NOS/c1-18(2,3)13(16-15(20)7-6-14(19)17(16)21)5-4-11(23)8-12-9-22-10-24-12/h6-7,9-10,13H,4-5,8H2,1-3H3/t13-/m1/s1. The van der Waals surface area contributed by atoms with E-state index >= 15 is 0 Å². The van der Waals surface area contributed by atoms with Crippen LogP contribution in [-0.2, 0) is 11.2 Å². The molecular formula is C18H20ClF2NOS. The predicted octanol–water partition coefficient (Wildman–Crippen LogP) is 5.80. The number of Topliss-reactive ketones (excluding diaryl/α,β-unsaturated/α-hetero) is 1. The molecule has 2 nitrogen and oxygen atoms in total. The minimum Gasteiger partial charge on any atom is -0.299 e. The number of aromatic nitrogens is 1. The molecule has 0 saturated carbocycles. The average Bonchev–Trinajstić information content (AvgIpc) is 2.98. The lowest BCUT2D eigenvalue weighted by Crippen LogP contribution is -2.22. The first-order valence-electron chi connectivity index (χ1n) is 7.72. The fourth-order valence-corrected chi connectivity index (χ4v) is 3.58. The van der Waals surface area contributed by atoms with Crippen molar-refractivity contribution in [1.82, 2.24) is 4.98 Å². The third-order valence-corrected chi connectivity index (χ3v) is 5.11. The summed E-state index contributed by atoms with van der Waals surface area (Å²) in [7, 11) is 0. The predicted molar refractivity (Wildman–Crippen MR) is 93.6 cm³/mol. The van der Waals surface area contributed by atoms with Crippen molar-refractivity contribution < 1.29 is 13.6 Å². The van der Waals surface area contributed by atoms with Crippen LogP contribution in [-0.4, -0.2) is 10.8 Å². The van der Waals surface area contributed by atoms with Gasteiger partial charge in [-0.2, -0.15) is 0 Å². The van der Waals surface area contributed by atoms with Gasteiger partial charge in [0.15, 0.2) is 0 Å². The zero-order valence-electron chi connectivity index (χ0n) is 13.9. The van der Waals surface area contributed by atoms with Crippen LogP contribution < -0.4 is 0 Å². The van der Waals surface area contributed by atoms with Crippen LogP contribution in [0.2, 0.25) is 5.02 Å². The molecule has 0 aliphatic heterocycles. The highest BCUT2D eigenvalue weighted by molar-refractivity contribution is 7.09. The number of rotatable bonds is 6. The van der Waals surface area contributed by atoms with E-state index in [0.717, 1.165) is 4.88 Å². The van der Waals surface area contributed by atoms with Crippen molar-refractivity contribution in [3.8, 4) is 0 Å². The molecule has 130 valence electrons. The zero-order chi connectivity index (χ0) is 17.9. The summed E-state index contributed by atoms with van der Waals surface area (Å²) >= 11 is 7.25. The second kappa shape index (κ2) is 7.70. The molecule has 1 aromatic heterocycles. The summed E-state index contributed by atoms with van der Waals surface area (Å²) in [6, 6.07) is 2.39. The van der Waals surface area contributed by atoms with Gasteiger partial charge >= 0.3 is 0 Å². The molecule has 24 heavy (non-hydrogen) atoms. The van der Waals surface area contributed by atoms with Crippen LogP contribution in [0.1, 0.15) is 50.0 Å². The third kappa shape index (κ3) is 4.61. The van der Waals surface area contributed by atoms with E-state index in [4.69, 9.17) is 11.6 Å². The van der Waals surface area contributed by atoms with Gasteiger partial charge in [0.25, 0.3) is 0 Å². The molecule has 0 saturated heterocycles. The first-order valence-corrected chi connectivity index (χ1v) is 8.98. The van der Waals surface area contributed by atoms with Gasteiger partial charge in [-0.05, 0) is 29.9 Å². The largest absolute Gasteiger partial charge is 0.299 e. The van der Waals surface area contributed by atoms with Crippen molar-refractivity contribution in [1.29, 1.82) is 0 Å². The summed E-state index contributed by atoms with van der Waals surface area (Å²) in [6.07, 6.45) is 2.60. The highest BCUT2D eigenvalue weighted by Gasteiger charge is 2.32. The Hall–Kier alpha value is -1.33. The Kier molecular flexibility index (Phi) is 6.10. The molecular weight excluding hydrogens is 352 g/mol. The molecule has 0 amide bonds. The molecule has 0 aliphatic carbocycles. The number of carbonyl (C=O) groups excluding carboxylic acids is 1. The molecule has 2 rings (SSSR count). The summed E-state index contributed by atoms with van der Waals surface area (Å²) in [4.78, 5) is 17.0. The van der Waals surface area contributed by atoms with E-state index in [9.17, 15) is 13.6 Å². The van der Waals surface area contributed by atoms with E-state index in [-0.39, 0.29) is 22.8 Å². The lowest BCUT2D eigenvalue weighted by Gasteiger charge is -2.32. The lowest BCUT2D eigenvalue weighted by atomic mass is 9.73. The minimum atomic E-state index is -0.730. The number of thiazole rings is 1. The maximum Gasteiger partial charge on any atom is 0.148 e. The lowest BCUT2D eigenvalue weighted by molar-refractivity contribution is -0.118. The topological polar surface area (TPSA) is 30.0 Å². The number of nitrogens with zero attached hydrogens (tertiary/aromatic N) is 1. The van der Waals surface area contributed by atoms with E-state index in [0.29, 0.717) is 12.8 Å². The fourth-order valence-electron chi connectivity index (χ4n) is 2.79. The van der Waals surface area contributed by atoms with Crippen molar-refractivity contribution in [2.45, 2.75) is 46.0 Å². The van der Waals surface area contributed by atoms with Crippen molar-refractivity contribution in [3.05, 3.63) is 50.9 Å². The average molecular weight is 372 g/mol. The summed E-state index contributed by atoms with van der Waals surface area (Å²) in [5, 5.41) is -0.100. The van der Waals surface area contributed by atoms with E-state index in [1.54, 1.807) is 11.7 Å². The van der Waals surface area contributed by atoms with E-state index in [2.05, 4.69) is 4.98 Å². The van der Waals surface area contributed by atoms with Crippen LogP contribution in [0.5, 0.6) is 0 Å². The summed E-state index contributed by atoms with van der Waals surface area (Å²) in [6.45, 7) is 5.72. The molecule has 0 fully saturated rings. The van der Waals surface area contributed by atoms with Crippen LogP contribution in [0.15, 0.2) is 23.8 Å². The first kappa shape index (κ1) is 19.0. The second-order valence-corrected chi connectivity index (χ2v) is 8.28. The Balaban J connectivity index is 2.18. The van der Waals surface area contributed by atoms with Gasteiger partial charge in [0, 0.05) is 29.5 Å². The number of ketones is 1. The Bertz CT molecular complexity index is 711. The molecule has 6 heteroatoms. The van der Waals surface area contributed by atoms with Gasteiger partial charge in [0.05, 0.1) is 10.5 Å².